The second-order valence-electron chi connectivity index (χ2n) is 4.41. The lowest BCUT2D eigenvalue weighted by Crippen LogP contribution is -2.13. The molecule has 0 aliphatic carbocycles. The molecule has 2 rings (SSSR count). The minimum Gasteiger partial charge on any atom is -0.496 e. The van der Waals surface area contributed by atoms with Crippen molar-refractivity contribution < 1.29 is 9.15 Å². The zero-order chi connectivity index (χ0) is 14.0. The van der Waals surface area contributed by atoms with Gasteiger partial charge in [-0.3, -0.25) is 0 Å². The van der Waals surface area contributed by atoms with Crippen molar-refractivity contribution in [3.8, 4) is 5.75 Å². The van der Waals surface area contributed by atoms with E-state index in [9.17, 15) is 0 Å². The molecular formula is C14H17Br2NO2. The molecule has 0 aliphatic rings. The molecule has 0 saturated heterocycles. The molecule has 0 aliphatic heterocycles. The number of nitrogens with one attached hydrogen (secondary N) is 1. The van der Waals surface area contributed by atoms with Gasteiger partial charge in [-0.1, -0.05) is 6.92 Å². The first-order valence-electron chi connectivity index (χ1n) is 6.24. The largest absolute Gasteiger partial charge is 0.496 e. The maximum Gasteiger partial charge on any atom is 0.150 e. The predicted octanol–water partition coefficient (Wildman–Crippen LogP) is 4.77. The third-order valence-corrected chi connectivity index (χ3v) is 4.46. The minimum absolute atomic E-state index is 0.746. The number of rotatable bonds is 5. The Hall–Kier alpha value is -0.520. The highest BCUT2D eigenvalue weighted by atomic mass is 79.9. The first kappa shape index (κ1) is 14.9. The van der Waals surface area contributed by atoms with E-state index in [4.69, 9.17) is 9.15 Å². The van der Waals surface area contributed by atoms with Crippen LogP contribution in [-0.4, -0.2) is 13.7 Å². The third-order valence-electron chi connectivity index (χ3n) is 3.09. The zero-order valence-electron chi connectivity index (χ0n) is 11.3. The molecule has 1 aromatic carbocycles. The quantitative estimate of drug-likeness (QED) is 0.746. The standard InChI is InChI=1S/C14H17Br2NO2/c1-4-5-17-7-11-8(2)12-13(16)10(18-3)6-9(15)14(12)19-11/h6,17H,4-5,7H2,1-3H3. The van der Waals surface area contributed by atoms with E-state index in [-0.39, 0.29) is 0 Å². The van der Waals surface area contributed by atoms with E-state index in [0.29, 0.717) is 0 Å². The molecule has 104 valence electrons. The van der Waals surface area contributed by atoms with Gasteiger partial charge in [0.25, 0.3) is 0 Å². The van der Waals surface area contributed by atoms with Crippen molar-refractivity contribution in [3.05, 3.63) is 26.3 Å². The summed E-state index contributed by atoms with van der Waals surface area (Å²) in [7, 11) is 1.66. The van der Waals surface area contributed by atoms with Crippen molar-refractivity contribution in [1.29, 1.82) is 0 Å². The summed E-state index contributed by atoms with van der Waals surface area (Å²) in [6, 6.07) is 1.92. The average molecular weight is 391 g/mol. The Morgan fingerprint density at radius 3 is 2.74 bits per heavy atom. The van der Waals surface area contributed by atoms with Crippen LogP contribution >= 0.6 is 31.9 Å². The number of hydrogen-bond donors (Lipinski definition) is 1. The lowest BCUT2D eigenvalue weighted by molar-refractivity contribution is 0.412. The van der Waals surface area contributed by atoms with Gasteiger partial charge in [-0.25, -0.2) is 0 Å². The van der Waals surface area contributed by atoms with Gasteiger partial charge in [0, 0.05) is 10.9 Å². The molecule has 0 spiro atoms. The highest BCUT2D eigenvalue weighted by molar-refractivity contribution is 9.11. The van der Waals surface area contributed by atoms with Crippen LogP contribution < -0.4 is 10.1 Å². The lowest BCUT2D eigenvalue weighted by atomic mass is 10.1. The van der Waals surface area contributed by atoms with Gasteiger partial charge >= 0.3 is 0 Å². The molecule has 3 nitrogen and oxygen atoms in total. The van der Waals surface area contributed by atoms with E-state index in [1.54, 1.807) is 7.11 Å². The molecule has 2 aromatic rings. The van der Waals surface area contributed by atoms with Gasteiger partial charge in [-0.2, -0.15) is 0 Å². The van der Waals surface area contributed by atoms with Crippen LogP contribution in [0.25, 0.3) is 11.0 Å². The summed E-state index contributed by atoms with van der Waals surface area (Å²) in [6.45, 7) is 5.96. The number of benzene rings is 1. The normalized spacial score (nSPS) is 11.2. The van der Waals surface area contributed by atoms with Crippen LogP contribution in [0.2, 0.25) is 0 Å². The lowest BCUT2D eigenvalue weighted by Gasteiger charge is -2.05. The second kappa shape index (κ2) is 6.29. The Kier molecular flexibility index (Phi) is 4.92. The Morgan fingerprint density at radius 1 is 1.37 bits per heavy atom. The summed E-state index contributed by atoms with van der Waals surface area (Å²) >= 11 is 7.13. The van der Waals surface area contributed by atoms with E-state index in [2.05, 4.69) is 51.0 Å². The summed E-state index contributed by atoms with van der Waals surface area (Å²) in [6.07, 6.45) is 1.11. The molecule has 1 aromatic heterocycles. The van der Waals surface area contributed by atoms with Crippen molar-refractivity contribution in [3.63, 3.8) is 0 Å². The molecule has 1 heterocycles. The molecule has 0 unspecified atom stereocenters. The van der Waals surface area contributed by atoms with E-state index < -0.39 is 0 Å². The molecule has 5 heteroatoms. The number of methoxy groups -OCH3 is 1. The zero-order valence-corrected chi connectivity index (χ0v) is 14.4. The Morgan fingerprint density at radius 2 is 2.11 bits per heavy atom. The molecule has 0 amide bonds. The van der Waals surface area contributed by atoms with Crippen LogP contribution in [0.4, 0.5) is 0 Å². The monoisotopic (exact) mass is 389 g/mol. The summed E-state index contributed by atoms with van der Waals surface area (Å²) in [5, 5.41) is 4.43. The number of furan rings is 1. The van der Waals surface area contributed by atoms with E-state index in [0.717, 1.165) is 56.5 Å². The van der Waals surface area contributed by atoms with Crippen LogP contribution in [-0.2, 0) is 6.54 Å². The summed E-state index contributed by atoms with van der Waals surface area (Å²) < 4.78 is 13.2. The van der Waals surface area contributed by atoms with Crippen LogP contribution in [0.3, 0.4) is 0 Å². The smallest absolute Gasteiger partial charge is 0.150 e. The van der Waals surface area contributed by atoms with Crippen molar-refractivity contribution in [2.45, 2.75) is 26.8 Å². The number of halogens is 2. The second-order valence-corrected chi connectivity index (χ2v) is 6.05. The number of hydrogen-bond acceptors (Lipinski definition) is 3. The van der Waals surface area contributed by atoms with Gasteiger partial charge in [0.2, 0.25) is 0 Å². The fourth-order valence-corrected chi connectivity index (χ4v) is 3.30. The molecule has 0 bridgehead atoms. The van der Waals surface area contributed by atoms with Gasteiger partial charge in [0.15, 0.2) is 0 Å². The summed E-state index contributed by atoms with van der Waals surface area (Å²) in [4.78, 5) is 0. The van der Waals surface area contributed by atoms with Crippen molar-refractivity contribution in [2.24, 2.45) is 0 Å². The highest BCUT2D eigenvalue weighted by Gasteiger charge is 2.18. The van der Waals surface area contributed by atoms with Crippen molar-refractivity contribution in [1.82, 2.24) is 5.32 Å². The molecule has 0 radical (unpaired) electrons. The molecule has 0 saturated carbocycles. The summed E-state index contributed by atoms with van der Waals surface area (Å²) in [5.41, 5.74) is 2.00. The maximum atomic E-state index is 5.96. The maximum absolute atomic E-state index is 5.96. The minimum atomic E-state index is 0.746. The van der Waals surface area contributed by atoms with E-state index in [1.165, 1.54) is 0 Å². The van der Waals surface area contributed by atoms with Gasteiger partial charge in [-0.05, 0) is 57.8 Å². The summed E-state index contributed by atoms with van der Waals surface area (Å²) in [5.74, 6) is 1.77. The number of ether oxygens (including phenoxy) is 1. The molecule has 0 atom stereocenters. The average Bonchev–Trinajstić information content (AvgIpc) is 2.73. The number of fused-ring (bicyclic) bond motifs is 1. The fourth-order valence-electron chi connectivity index (χ4n) is 2.06. The van der Waals surface area contributed by atoms with Crippen LogP contribution in [0.1, 0.15) is 24.7 Å². The van der Waals surface area contributed by atoms with Crippen LogP contribution in [0.5, 0.6) is 5.75 Å². The highest BCUT2D eigenvalue weighted by Crippen LogP contribution is 2.41. The van der Waals surface area contributed by atoms with Crippen LogP contribution in [0.15, 0.2) is 19.4 Å². The Labute approximate surface area is 129 Å². The predicted molar refractivity (Wildman–Crippen MR) is 84.9 cm³/mol. The molecule has 0 fully saturated rings. The molecular weight excluding hydrogens is 374 g/mol. The first-order chi connectivity index (χ1) is 9.10. The molecule has 1 N–H and O–H groups in total. The van der Waals surface area contributed by atoms with Crippen molar-refractivity contribution >= 4 is 42.8 Å². The van der Waals surface area contributed by atoms with Gasteiger partial charge in [-0.15, -0.1) is 0 Å². The van der Waals surface area contributed by atoms with Gasteiger partial charge in [0.1, 0.15) is 17.1 Å². The van der Waals surface area contributed by atoms with Gasteiger partial charge in [0.05, 0.1) is 22.6 Å². The SMILES string of the molecule is CCCNCc1oc2c(Br)cc(OC)c(Br)c2c1C. The fraction of sp³-hybridized carbons (Fsp3) is 0.429. The Bertz CT molecular complexity index is 593. The number of aryl methyl sites for hydroxylation is 1. The van der Waals surface area contributed by atoms with E-state index >= 15 is 0 Å². The first-order valence-corrected chi connectivity index (χ1v) is 7.83. The molecule has 19 heavy (non-hydrogen) atoms. The van der Waals surface area contributed by atoms with Crippen LogP contribution in [0, 0.1) is 6.92 Å². The third kappa shape index (κ3) is 2.83. The van der Waals surface area contributed by atoms with Crippen molar-refractivity contribution in [2.75, 3.05) is 13.7 Å². The van der Waals surface area contributed by atoms with Gasteiger partial charge < -0.3 is 14.5 Å². The van der Waals surface area contributed by atoms with E-state index in [1.807, 2.05) is 6.07 Å². The Balaban J connectivity index is 2.50. The topological polar surface area (TPSA) is 34.4 Å².